The Bertz CT molecular complexity index is 1180. The molecule has 1 amide bonds. The lowest BCUT2D eigenvalue weighted by atomic mass is 10.1. The summed E-state index contributed by atoms with van der Waals surface area (Å²) in [5, 5.41) is 11.0. The largest absolute Gasteiger partial charge is 0.494 e. The van der Waals surface area contributed by atoms with Gasteiger partial charge in [-0.15, -0.1) is 5.10 Å². The highest BCUT2D eigenvalue weighted by Gasteiger charge is 2.22. The van der Waals surface area contributed by atoms with Crippen molar-refractivity contribution < 1.29 is 13.9 Å². The standard InChI is InChI=1S/C23H20FN5O2/c1-2-31-19-9-7-18(8-10-19)29-22(16-11-13-25-14-12-16)21(27-28-29)23(30)26-15-17-5-3-4-6-20(17)24/h3-14H,2,15H2,1H3,(H,26,30). The molecular weight excluding hydrogens is 397 g/mol. The number of nitrogens with zero attached hydrogens (tertiary/aromatic N) is 4. The number of benzene rings is 2. The van der Waals surface area contributed by atoms with Gasteiger partial charge in [-0.2, -0.15) is 0 Å². The third kappa shape index (κ3) is 4.42. The Morgan fingerprint density at radius 1 is 1.06 bits per heavy atom. The van der Waals surface area contributed by atoms with Crippen molar-refractivity contribution in [3.8, 4) is 22.7 Å². The van der Waals surface area contributed by atoms with E-state index in [1.807, 2.05) is 31.2 Å². The summed E-state index contributed by atoms with van der Waals surface area (Å²) in [4.78, 5) is 17.0. The van der Waals surface area contributed by atoms with Gasteiger partial charge in [-0.1, -0.05) is 23.4 Å². The number of hydrogen-bond acceptors (Lipinski definition) is 5. The maximum atomic E-state index is 13.9. The van der Waals surface area contributed by atoms with Crippen LogP contribution in [0.5, 0.6) is 5.75 Å². The fraction of sp³-hybridized carbons (Fsp3) is 0.130. The number of amides is 1. The van der Waals surface area contributed by atoms with E-state index in [1.54, 1.807) is 47.4 Å². The number of carbonyl (C=O) groups excluding carboxylic acids is 1. The molecule has 0 saturated heterocycles. The highest BCUT2D eigenvalue weighted by molar-refractivity contribution is 5.98. The van der Waals surface area contributed by atoms with E-state index in [9.17, 15) is 9.18 Å². The summed E-state index contributed by atoms with van der Waals surface area (Å²) >= 11 is 0. The van der Waals surface area contributed by atoms with Crippen LogP contribution in [0.15, 0.2) is 73.1 Å². The molecule has 7 nitrogen and oxygen atoms in total. The summed E-state index contributed by atoms with van der Waals surface area (Å²) in [6.07, 6.45) is 3.26. The molecule has 0 unspecified atom stereocenters. The number of hydrogen-bond donors (Lipinski definition) is 1. The van der Waals surface area contributed by atoms with Gasteiger partial charge in [0.2, 0.25) is 0 Å². The topological polar surface area (TPSA) is 81.9 Å². The molecule has 0 spiro atoms. The van der Waals surface area contributed by atoms with E-state index in [0.717, 1.165) is 17.0 Å². The molecule has 0 aliphatic carbocycles. The predicted molar refractivity (Wildman–Crippen MR) is 113 cm³/mol. The van der Waals surface area contributed by atoms with E-state index in [-0.39, 0.29) is 18.1 Å². The third-order valence-electron chi connectivity index (χ3n) is 4.63. The molecule has 0 aliphatic rings. The molecular formula is C23H20FN5O2. The Kier molecular flexibility index (Phi) is 5.98. The first-order valence-corrected chi connectivity index (χ1v) is 9.78. The van der Waals surface area contributed by atoms with Crippen LogP contribution >= 0.6 is 0 Å². The second-order valence-electron chi connectivity index (χ2n) is 6.64. The van der Waals surface area contributed by atoms with Crippen LogP contribution < -0.4 is 10.1 Å². The van der Waals surface area contributed by atoms with Gasteiger partial charge in [0.1, 0.15) is 17.3 Å². The highest BCUT2D eigenvalue weighted by atomic mass is 19.1. The number of rotatable bonds is 7. The van der Waals surface area contributed by atoms with Crippen molar-refractivity contribution >= 4 is 5.91 Å². The maximum Gasteiger partial charge on any atom is 0.274 e. The van der Waals surface area contributed by atoms with Gasteiger partial charge in [0.25, 0.3) is 5.91 Å². The van der Waals surface area contributed by atoms with Crippen molar-refractivity contribution in [3.05, 3.63) is 90.1 Å². The molecule has 2 heterocycles. The van der Waals surface area contributed by atoms with Crippen LogP contribution in [0, 0.1) is 5.82 Å². The van der Waals surface area contributed by atoms with Gasteiger partial charge in [-0.3, -0.25) is 9.78 Å². The Morgan fingerprint density at radius 2 is 1.81 bits per heavy atom. The van der Waals surface area contributed by atoms with E-state index in [2.05, 4.69) is 20.6 Å². The highest BCUT2D eigenvalue weighted by Crippen LogP contribution is 2.26. The van der Waals surface area contributed by atoms with E-state index >= 15 is 0 Å². The zero-order chi connectivity index (χ0) is 21.6. The van der Waals surface area contributed by atoms with E-state index < -0.39 is 5.91 Å². The number of ether oxygens (including phenoxy) is 1. The third-order valence-corrected chi connectivity index (χ3v) is 4.63. The molecule has 0 radical (unpaired) electrons. The van der Waals surface area contributed by atoms with Crippen molar-refractivity contribution in [3.63, 3.8) is 0 Å². The van der Waals surface area contributed by atoms with E-state index in [0.29, 0.717) is 17.9 Å². The lowest BCUT2D eigenvalue weighted by Gasteiger charge is -2.10. The van der Waals surface area contributed by atoms with Crippen molar-refractivity contribution in [2.45, 2.75) is 13.5 Å². The van der Waals surface area contributed by atoms with Gasteiger partial charge < -0.3 is 10.1 Å². The van der Waals surface area contributed by atoms with Crippen molar-refractivity contribution in [1.29, 1.82) is 0 Å². The van der Waals surface area contributed by atoms with Gasteiger partial charge in [-0.25, -0.2) is 9.07 Å². The SMILES string of the molecule is CCOc1ccc(-n2nnc(C(=O)NCc3ccccc3F)c2-c2ccncc2)cc1. The molecule has 156 valence electrons. The van der Waals surface area contributed by atoms with Gasteiger partial charge in [-0.05, 0) is 49.4 Å². The lowest BCUT2D eigenvalue weighted by molar-refractivity contribution is 0.0946. The number of nitrogens with one attached hydrogen (secondary N) is 1. The van der Waals surface area contributed by atoms with Gasteiger partial charge in [0.15, 0.2) is 5.69 Å². The van der Waals surface area contributed by atoms with E-state index in [4.69, 9.17) is 4.74 Å². The first-order valence-electron chi connectivity index (χ1n) is 9.78. The lowest BCUT2D eigenvalue weighted by Crippen LogP contribution is -2.24. The molecule has 0 atom stereocenters. The number of halogens is 1. The Labute approximate surface area is 178 Å². The summed E-state index contributed by atoms with van der Waals surface area (Å²) in [5.41, 5.74) is 2.48. The summed E-state index contributed by atoms with van der Waals surface area (Å²) in [6.45, 7) is 2.52. The zero-order valence-electron chi connectivity index (χ0n) is 16.8. The number of carbonyl (C=O) groups is 1. The minimum absolute atomic E-state index is 0.0389. The predicted octanol–water partition coefficient (Wildman–Crippen LogP) is 3.80. The van der Waals surface area contributed by atoms with Gasteiger partial charge >= 0.3 is 0 Å². The monoisotopic (exact) mass is 417 g/mol. The van der Waals surface area contributed by atoms with Crippen LogP contribution in [0.1, 0.15) is 23.0 Å². The Morgan fingerprint density at radius 3 is 2.52 bits per heavy atom. The smallest absolute Gasteiger partial charge is 0.274 e. The fourth-order valence-electron chi connectivity index (χ4n) is 3.14. The van der Waals surface area contributed by atoms with Gasteiger partial charge in [0, 0.05) is 30.1 Å². The van der Waals surface area contributed by atoms with Crippen LogP contribution in [0.2, 0.25) is 0 Å². The molecule has 2 aromatic heterocycles. The quantitative estimate of drug-likeness (QED) is 0.495. The van der Waals surface area contributed by atoms with Crippen LogP contribution in [0.3, 0.4) is 0 Å². The molecule has 0 saturated carbocycles. The minimum Gasteiger partial charge on any atom is -0.494 e. The first-order chi connectivity index (χ1) is 15.2. The van der Waals surface area contributed by atoms with Crippen LogP contribution in [0.25, 0.3) is 16.9 Å². The molecule has 4 aromatic rings. The van der Waals surface area contributed by atoms with Crippen LogP contribution in [0.4, 0.5) is 4.39 Å². The maximum absolute atomic E-state index is 13.9. The number of aromatic nitrogens is 4. The van der Waals surface area contributed by atoms with Crippen LogP contribution in [-0.4, -0.2) is 32.5 Å². The molecule has 2 aromatic carbocycles. The molecule has 31 heavy (non-hydrogen) atoms. The second kappa shape index (κ2) is 9.17. The molecule has 0 fully saturated rings. The molecule has 1 N–H and O–H groups in total. The average molecular weight is 417 g/mol. The van der Waals surface area contributed by atoms with Crippen molar-refractivity contribution in [2.75, 3.05) is 6.61 Å². The summed E-state index contributed by atoms with van der Waals surface area (Å²) in [7, 11) is 0. The zero-order valence-corrected chi connectivity index (χ0v) is 16.8. The Balaban J connectivity index is 1.68. The van der Waals surface area contributed by atoms with Gasteiger partial charge in [0.05, 0.1) is 12.3 Å². The number of pyridine rings is 1. The molecule has 0 bridgehead atoms. The Hall–Kier alpha value is -4.07. The van der Waals surface area contributed by atoms with Crippen LogP contribution in [-0.2, 0) is 6.54 Å². The summed E-state index contributed by atoms with van der Waals surface area (Å²) in [6, 6.07) is 17.2. The molecule has 0 aliphatic heterocycles. The second-order valence-corrected chi connectivity index (χ2v) is 6.64. The van der Waals surface area contributed by atoms with Crippen molar-refractivity contribution in [1.82, 2.24) is 25.3 Å². The molecule has 8 heteroatoms. The first kappa shape index (κ1) is 20.2. The normalized spacial score (nSPS) is 10.6. The summed E-state index contributed by atoms with van der Waals surface area (Å²) in [5.74, 6) is -0.0952. The summed E-state index contributed by atoms with van der Waals surface area (Å²) < 4.78 is 21.0. The average Bonchev–Trinajstić information content (AvgIpc) is 3.25. The van der Waals surface area contributed by atoms with Crippen molar-refractivity contribution in [2.24, 2.45) is 0 Å². The van der Waals surface area contributed by atoms with E-state index in [1.165, 1.54) is 6.07 Å². The minimum atomic E-state index is -0.452. The fourth-order valence-corrected chi connectivity index (χ4v) is 3.14. The molecule has 4 rings (SSSR count).